The molecule has 0 radical (unpaired) electrons. The molecule has 1 atom stereocenters. The van der Waals surface area contributed by atoms with Gasteiger partial charge in [0.2, 0.25) is 0 Å². The Morgan fingerprint density at radius 2 is 2.13 bits per heavy atom. The number of hydrogen-bond donors (Lipinski definition) is 1. The van der Waals surface area contributed by atoms with Crippen LogP contribution in [0, 0.1) is 11.3 Å². The Labute approximate surface area is 86.1 Å². The number of nitriles is 1. The molecule has 0 aromatic carbocycles. The van der Waals surface area contributed by atoms with Crippen molar-refractivity contribution in [3.63, 3.8) is 0 Å². The van der Waals surface area contributed by atoms with Crippen molar-refractivity contribution in [2.75, 3.05) is 6.61 Å². The lowest BCUT2D eigenvalue weighted by Crippen LogP contribution is -2.04. The Hall–Kier alpha value is -2.06. The summed E-state index contributed by atoms with van der Waals surface area (Å²) in [6.45, 7) is -0.241. The second-order valence-corrected chi connectivity index (χ2v) is 3.00. The maximum atomic E-state index is 8.95. The summed E-state index contributed by atoms with van der Waals surface area (Å²) in [4.78, 5) is 12.3. The minimum atomic E-state index is -0.601. The van der Waals surface area contributed by atoms with Gasteiger partial charge in [-0.3, -0.25) is 4.98 Å². The molecule has 5 nitrogen and oxygen atoms in total. The topological polar surface area (TPSA) is 82.7 Å². The molecule has 0 aliphatic rings. The Bertz CT molecular complexity index is 520. The molecule has 0 bridgehead atoms. The second kappa shape index (κ2) is 3.98. The molecule has 5 heteroatoms. The highest BCUT2D eigenvalue weighted by atomic mass is 16.3. The number of aliphatic hydroxyl groups is 1. The van der Waals surface area contributed by atoms with Crippen LogP contribution in [0.5, 0.6) is 0 Å². The molecule has 0 fully saturated rings. The van der Waals surface area contributed by atoms with Gasteiger partial charge < -0.3 is 5.11 Å². The number of hydrogen-bond acceptors (Lipinski definition) is 5. The predicted molar refractivity (Wildman–Crippen MR) is 52.8 cm³/mol. The van der Waals surface area contributed by atoms with Crippen molar-refractivity contribution in [2.24, 2.45) is 0 Å². The lowest BCUT2D eigenvalue weighted by Gasteiger charge is -2.04. The lowest BCUT2D eigenvalue weighted by atomic mass is 10.1. The van der Waals surface area contributed by atoms with Gasteiger partial charge in [0.15, 0.2) is 5.65 Å². The first-order chi connectivity index (χ1) is 7.35. The van der Waals surface area contributed by atoms with E-state index in [1.165, 1.54) is 0 Å². The minimum Gasteiger partial charge on any atom is -0.395 e. The molecular formula is C10H8N4O. The van der Waals surface area contributed by atoms with Gasteiger partial charge in [-0.05, 0) is 12.1 Å². The maximum absolute atomic E-state index is 8.95. The summed E-state index contributed by atoms with van der Waals surface area (Å²) < 4.78 is 0. The standard InChI is InChI=1S/C10H8N4O/c11-5-7(6-15)8-1-2-9-10(14-8)13-4-3-12-9/h1-4,7,15H,6H2. The maximum Gasteiger partial charge on any atom is 0.178 e. The van der Waals surface area contributed by atoms with Crippen molar-refractivity contribution in [1.82, 2.24) is 15.0 Å². The first-order valence-electron chi connectivity index (χ1n) is 4.43. The van der Waals surface area contributed by atoms with Crippen molar-refractivity contribution >= 4 is 11.2 Å². The van der Waals surface area contributed by atoms with E-state index in [1.807, 2.05) is 6.07 Å². The number of aliphatic hydroxyl groups excluding tert-OH is 1. The molecule has 0 saturated carbocycles. The molecule has 0 aliphatic carbocycles. The van der Waals surface area contributed by atoms with E-state index < -0.39 is 5.92 Å². The van der Waals surface area contributed by atoms with Gasteiger partial charge in [-0.2, -0.15) is 5.26 Å². The quantitative estimate of drug-likeness (QED) is 0.768. The molecule has 2 heterocycles. The van der Waals surface area contributed by atoms with Gasteiger partial charge in [-0.25, -0.2) is 9.97 Å². The summed E-state index contributed by atoms with van der Waals surface area (Å²) in [5.41, 5.74) is 1.69. The third kappa shape index (κ3) is 1.75. The summed E-state index contributed by atoms with van der Waals surface area (Å²) in [5, 5.41) is 17.7. The number of aromatic nitrogens is 3. The molecule has 0 amide bonds. The minimum absolute atomic E-state index is 0.241. The van der Waals surface area contributed by atoms with Gasteiger partial charge in [-0.1, -0.05) is 0 Å². The van der Waals surface area contributed by atoms with E-state index in [1.54, 1.807) is 24.5 Å². The first-order valence-corrected chi connectivity index (χ1v) is 4.43. The summed E-state index contributed by atoms with van der Waals surface area (Å²) in [7, 11) is 0. The van der Waals surface area contributed by atoms with Crippen LogP contribution in [0.15, 0.2) is 24.5 Å². The monoisotopic (exact) mass is 200 g/mol. The fourth-order valence-electron chi connectivity index (χ4n) is 1.26. The molecule has 0 spiro atoms. The molecule has 2 aromatic heterocycles. The Morgan fingerprint density at radius 1 is 1.33 bits per heavy atom. The van der Waals surface area contributed by atoms with Crippen molar-refractivity contribution in [1.29, 1.82) is 5.26 Å². The van der Waals surface area contributed by atoms with Crippen molar-refractivity contribution < 1.29 is 5.11 Å². The molecule has 1 N–H and O–H groups in total. The molecule has 0 aliphatic heterocycles. The highest BCUT2D eigenvalue weighted by Gasteiger charge is 2.11. The van der Waals surface area contributed by atoms with Crippen LogP contribution in [-0.2, 0) is 0 Å². The van der Waals surface area contributed by atoms with E-state index in [9.17, 15) is 0 Å². The van der Waals surface area contributed by atoms with Gasteiger partial charge in [0, 0.05) is 12.4 Å². The smallest absolute Gasteiger partial charge is 0.178 e. The third-order valence-electron chi connectivity index (χ3n) is 2.05. The zero-order valence-corrected chi connectivity index (χ0v) is 7.83. The zero-order valence-electron chi connectivity index (χ0n) is 7.83. The average Bonchev–Trinajstić information content (AvgIpc) is 2.30. The van der Waals surface area contributed by atoms with Crippen LogP contribution in [-0.4, -0.2) is 26.7 Å². The van der Waals surface area contributed by atoms with Crippen LogP contribution in [0.4, 0.5) is 0 Å². The Balaban J connectivity index is 2.52. The van der Waals surface area contributed by atoms with Gasteiger partial charge >= 0.3 is 0 Å². The fraction of sp³-hybridized carbons (Fsp3) is 0.200. The normalized spacial score (nSPS) is 12.3. The van der Waals surface area contributed by atoms with E-state index in [4.69, 9.17) is 10.4 Å². The summed E-state index contributed by atoms with van der Waals surface area (Å²) in [5.74, 6) is -0.601. The van der Waals surface area contributed by atoms with E-state index in [2.05, 4.69) is 15.0 Å². The average molecular weight is 200 g/mol. The SMILES string of the molecule is N#CC(CO)c1ccc2nccnc2n1. The second-order valence-electron chi connectivity index (χ2n) is 3.00. The zero-order chi connectivity index (χ0) is 10.7. The highest BCUT2D eigenvalue weighted by molar-refractivity contribution is 5.69. The highest BCUT2D eigenvalue weighted by Crippen LogP contribution is 2.14. The summed E-state index contributed by atoms with van der Waals surface area (Å²) >= 11 is 0. The van der Waals surface area contributed by atoms with Crippen LogP contribution in [0.2, 0.25) is 0 Å². The van der Waals surface area contributed by atoms with Crippen molar-refractivity contribution in [2.45, 2.75) is 5.92 Å². The lowest BCUT2D eigenvalue weighted by molar-refractivity contribution is 0.284. The van der Waals surface area contributed by atoms with Gasteiger partial charge in [0.25, 0.3) is 0 Å². The van der Waals surface area contributed by atoms with Gasteiger partial charge in [-0.15, -0.1) is 0 Å². The Morgan fingerprint density at radius 3 is 2.87 bits per heavy atom. The van der Waals surface area contributed by atoms with E-state index >= 15 is 0 Å². The van der Waals surface area contributed by atoms with Crippen LogP contribution >= 0.6 is 0 Å². The summed E-state index contributed by atoms with van der Waals surface area (Å²) in [6, 6.07) is 5.39. The number of rotatable bonds is 2. The van der Waals surface area contributed by atoms with E-state index in [-0.39, 0.29) is 6.61 Å². The van der Waals surface area contributed by atoms with Gasteiger partial charge in [0.05, 0.1) is 18.4 Å². The number of fused-ring (bicyclic) bond motifs is 1. The number of nitrogens with zero attached hydrogens (tertiary/aromatic N) is 4. The van der Waals surface area contributed by atoms with Crippen LogP contribution < -0.4 is 0 Å². The number of pyridine rings is 1. The van der Waals surface area contributed by atoms with Crippen LogP contribution in [0.3, 0.4) is 0 Å². The predicted octanol–water partition coefficient (Wildman–Crippen LogP) is 0.624. The summed E-state index contributed by atoms with van der Waals surface area (Å²) in [6.07, 6.45) is 3.12. The van der Waals surface area contributed by atoms with Crippen LogP contribution in [0.25, 0.3) is 11.2 Å². The first kappa shape index (κ1) is 9.49. The molecule has 2 rings (SSSR count). The van der Waals surface area contributed by atoms with E-state index in [0.29, 0.717) is 16.9 Å². The third-order valence-corrected chi connectivity index (χ3v) is 2.05. The van der Waals surface area contributed by atoms with Crippen molar-refractivity contribution in [3.05, 3.63) is 30.2 Å². The molecule has 15 heavy (non-hydrogen) atoms. The Kier molecular flexibility index (Phi) is 2.52. The fourth-order valence-corrected chi connectivity index (χ4v) is 1.26. The van der Waals surface area contributed by atoms with Crippen LogP contribution in [0.1, 0.15) is 11.6 Å². The molecule has 1 unspecified atom stereocenters. The van der Waals surface area contributed by atoms with E-state index in [0.717, 1.165) is 0 Å². The molecule has 0 saturated heterocycles. The molecular weight excluding hydrogens is 192 g/mol. The van der Waals surface area contributed by atoms with Crippen molar-refractivity contribution in [3.8, 4) is 6.07 Å². The van der Waals surface area contributed by atoms with Gasteiger partial charge in [0.1, 0.15) is 11.4 Å². The molecule has 74 valence electrons. The largest absolute Gasteiger partial charge is 0.395 e. The molecule has 2 aromatic rings.